The predicted octanol–water partition coefficient (Wildman–Crippen LogP) is 0.743. The molecule has 0 aromatic heterocycles. The lowest BCUT2D eigenvalue weighted by Crippen LogP contribution is -3.13. The van der Waals surface area contributed by atoms with Gasteiger partial charge in [-0.15, -0.1) is 0 Å². The minimum Gasteiger partial charge on any atom is -0.495 e. The molecule has 0 aliphatic carbocycles. The number of carbonyl (C=O) groups is 1. The molecule has 0 radical (unpaired) electrons. The van der Waals surface area contributed by atoms with E-state index in [2.05, 4.69) is 17.4 Å². The Balaban J connectivity index is 1.71. The number of rotatable bonds is 6. The van der Waals surface area contributed by atoms with Crippen LogP contribution < -0.4 is 15.0 Å². The average Bonchev–Trinajstić information content (AvgIpc) is 2.68. The number of carbonyl (C=O) groups excluding carboxylic acids is 1. The summed E-state index contributed by atoms with van der Waals surface area (Å²) in [6.07, 6.45) is 0. The largest absolute Gasteiger partial charge is 0.495 e. The van der Waals surface area contributed by atoms with Gasteiger partial charge in [0.25, 0.3) is 0 Å². The molecule has 1 saturated heterocycles. The van der Waals surface area contributed by atoms with Crippen molar-refractivity contribution in [1.29, 1.82) is 0 Å². The van der Waals surface area contributed by atoms with Crippen LogP contribution in [0.1, 0.15) is 12.5 Å². The van der Waals surface area contributed by atoms with Crippen LogP contribution in [0.5, 0.6) is 5.75 Å². The van der Waals surface area contributed by atoms with Crippen LogP contribution in [0, 0.1) is 0 Å². The number of ether oxygens (including phenoxy) is 1. The summed E-state index contributed by atoms with van der Waals surface area (Å²) in [4.78, 5) is 12.9. The van der Waals surface area contributed by atoms with Crippen molar-refractivity contribution in [2.45, 2.75) is 18.4 Å². The van der Waals surface area contributed by atoms with E-state index in [1.54, 1.807) is 6.07 Å². The number of hydrogen-bond acceptors (Lipinski definition) is 4. The number of sulfonamides is 1. The third kappa shape index (κ3) is 4.70. The molecule has 2 N–H and O–H groups in total. The first kappa shape index (κ1) is 20.3. The highest BCUT2D eigenvalue weighted by Crippen LogP contribution is 2.29. The van der Waals surface area contributed by atoms with Gasteiger partial charge in [-0.25, -0.2) is 8.42 Å². The van der Waals surface area contributed by atoms with E-state index < -0.39 is 10.0 Å². The fraction of sp³-hybridized carbons (Fsp3) is 0.350. The first-order valence-corrected chi connectivity index (χ1v) is 10.7. The van der Waals surface area contributed by atoms with E-state index in [-0.39, 0.29) is 10.8 Å². The SMILES string of the molecule is COc1ccc(S(=O)(=O)N2CC[NH+](Cc3ccccc3)CC2)cc1NC(C)=O. The maximum absolute atomic E-state index is 13.1. The zero-order valence-electron chi connectivity index (χ0n) is 16.1. The second-order valence-corrected chi connectivity index (χ2v) is 8.80. The van der Waals surface area contributed by atoms with Gasteiger partial charge < -0.3 is 15.0 Å². The summed E-state index contributed by atoms with van der Waals surface area (Å²) >= 11 is 0. The summed E-state index contributed by atoms with van der Waals surface area (Å²) in [5.74, 6) is 0.136. The quantitative estimate of drug-likeness (QED) is 0.744. The van der Waals surface area contributed by atoms with E-state index in [0.717, 1.165) is 19.6 Å². The van der Waals surface area contributed by atoms with Gasteiger partial charge in [0, 0.05) is 12.5 Å². The molecule has 1 fully saturated rings. The molecule has 150 valence electrons. The van der Waals surface area contributed by atoms with Gasteiger partial charge in [0.1, 0.15) is 12.3 Å². The highest BCUT2D eigenvalue weighted by atomic mass is 32.2. The second kappa shape index (κ2) is 8.72. The van der Waals surface area contributed by atoms with Crippen molar-refractivity contribution < 1.29 is 22.8 Å². The molecule has 1 amide bonds. The number of nitrogens with zero attached hydrogens (tertiary/aromatic N) is 1. The van der Waals surface area contributed by atoms with Gasteiger partial charge in [-0.05, 0) is 18.2 Å². The Morgan fingerprint density at radius 2 is 1.82 bits per heavy atom. The van der Waals surface area contributed by atoms with Crippen LogP contribution in [0.3, 0.4) is 0 Å². The minimum absolute atomic E-state index is 0.156. The van der Waals surface area contributed by atoms with E-state index >= 15 is 0 Å². The zero-order chi connectivity index (χ0) is 20.1. The first-order chi connectivity index (χ1) is 13.4. The average molecular weight is 405 g/mol. The Hall–Kier alpha value is -2.42. The van der Waals surface area contributed by atoms with Crippen molar-refractivity contribution in [3.8, 4) is 5.75 Å². The van der Waals surface area contributed by atoms with Crippen molar-refractivity contribution in [3.05, 3.63) is 54.1 Å². The van der Waals surface area contributed by atoms with Gasteiger partial charge in [0.2, 0.25) is 15.9 Å². The Morgan fingerprint density at radius 1 is 1.14 bits per heavy atom. The van der Waals surface area contributed by atoms with Crippen LogP contribution in [0.2, 0.25) is 0 Å². The Kier molecular flexibility index (Phi) is 6.33. The number of benzene rings is 2. The number of nitrogens with one attached hydrogen (secondary N) is 2. The molecule has 0 spiro atoms. The smallest absolute Gasteiger partial charge is 0.243 e. The van der Waals surface area contributed by atoms with Crippen LogP contribution in [0.25, 0.3) is 0 Å². The van der Waals surface area contributed by atoms with Crippen LogP contribution in [-0.2, 0) is 21.4 Å². The van der Waals surface area contributed by atoms with E-state index in [4.69, 9.17) is 4.74 Å². The number of quaternary nitrogens is 1. The van der Waals surface area contributed by atoms with Crippen LogP contribution >= 0.6 is 0 Å². The Morgan fingerprint density at radius 3 is 2.43 bits per heavy atom. The molecule has 0 unspecified atom stereocenters. The molecule has 1 heterocycles. The molecule has 28 heavy (non-hydrogen) atoms. The zero-order valence-corrected chi connectivity index (χ0v) is 17.0. The molecule has 0 saturated carbocycles. The summed E-state index contributed by atoms with van der Waals surface area (Å²) in [6.45, 7) is 4.70. The van der Waals surface area contributed by atoms with Crippen molar-refractivity contribution >= 4 is 21.6 Å². The minimum atomic E-state index is -3.63. The number of hydrogen-bond donors (Lipinski definition) is 2. The maximum Gasteiger partial charge on any atom is 0.243 e. The number of piperazine rings is 1. The molecule has 0 atom stereocenters. The molecule has 3 rings (SSSR count). The first-order valence-electron chi connectivity index (χ1n) is 9.23. The van der Waals surface area contributed by atoms with E-state index in [9.17, 15) is 13.2 Å². The normalized spacial score (nSPS) is 15.9. The highest BCUT2D eigenvalue weighted by Gasteiger charge is 2.31. The van der Waals surface area contributed by atoms with Gasteiger partial charge >= 0.3 is 0 Å². The summed E-state index contributed by atoms with van der Waals surface area (Å²) in [5, 5.41) is 2.62. The van der Waals surface area contributed by atoms with Crippen LogP contribution in [0.15, 0.2) is 53.4 Å². The fourth-order valence-electron chi connectivity index (χ4n) is 3.39. The molecule has 1 aliphatic rings. The standard InChI is InChI=1S/C20H25N3O4S/c1-16(24)21-19-14-18(8-9-20(19)27-2)28(25,26)23-12-10-22(11-13-23)15-17-6-4-3-5-7-17/h3-9,14H,10-13,15H2,1-2H3,(H,21,24)/p+1. The van der Waals surface area contributed by atoms with Crippen molar-refractivity contribution in [2.75, 3.05) is 38.6 Å². The topological polar surface area (TPSA) is 80.2 Å². The molecular formula is C20H26N3O4S+. The summed E-state index contributed by atoms with van der Waals surface area (Å²) in [7, 11) is -2.15. The lowest BCUT2D eigenvalue weighted by atomic mass is 10.2. The number of methoxy groups -OCH3 is 1. The fourth-order valence-corrected chi connectivity index (χ4v) is 4.86. The summed E-state index contributed by atoms with van der Waals surface area (Å²) < 4.78 is 32.8. The third-order valence-corrected chi connectivity index (χ3v) is 6.74. The number of anilines is 1. The van der Waals surface area contributed by atoms with Crippen LogP contribution in [-0.4, -0.2) is 51.9 Å². The third-order valence-electron chi connectivity index (χ3n) is 4.85. The summed E-state index contributed by atoms with van der Waals surface area (Å²) in [6, 6.07) is 14.8. The van der Waals surface area contributed by atoms with Crippen molar-refractivity contribution in [1.82, 2.24) is 4.31 Å². The van der Waals surface area contributed by atoms with E-state index in [1.807, 2.05) is 18.2 Å². The summed E-state index contributed by atoms with van der Waals surface area (Å²) in [5.41, 5.74) is 1.60. The Labute approximate surface area is 166 Å². The molecule has 7 nitrogen and oxygen atoms in total. The van der Waals surface area contributed by atoms with Gasteiger partial charge in [-0.3, -0.25) is 4.79 Å². The molecule has 2 aromatic carbocycles. The lowest BCUT2D eigenvalue weighted by molar-refractivity contribution is -0.917. The maximum atomic E-state index is 13.1. The molecule has 0 bridgehead atoms. The van der Waals surface area contributed by atoms with E-state index in [0.29, 0.717) is 24.5 Å². The van der Waals surface area contributed by atoms with Crippen molar-refractivity contribution in [3.63, 3.8) is 0 Å². The molecule has 8 heteroatoms. The van der Waals surface area contributed by atoms with Gasteiger partial charge in [0.05, 0.1) is 43.9 Å². The molecular weight excluding hydrogens is 378 g/mol. The van der Waals surface area contributed by atoms with E-state index in [1.165, 1.54) is 40.9 Å². The predicted molar refractivity (Wildman–Crippen MR) is 107 cm³/mol. The molecule has 1 aliphatic heterocycles. The lowest BCUT2D eigenvalue weighted by Gasteiger charge is -2.31. The second-order valence-electron chi connectivity index (χ2n) is 6.86. The number of amides is 1. The van der Waals surface area contributed by atoms with Gasteiger partial charge in [-0.2, -0.15) is 4.31 Å². The van der Waals surface area contributed by atoms with Gasteiger partial charge in [0.15, 0.2) is 0 Å². The monoisotopic (exact) mass is 404 g/mol. The van der Waals surface area contributed by atoms with Crippen molar-refractivity contribution in [2.24, 2.45) is 0 Å². The van der Waals surface area contributed by atoms with Crippen LogP contribution in [0.4, 0.5) is 5.69 Å². The highest BCUT2D eigenvalue weighted by molar-refractivity contribution is 7.89. The molecule has 2 aromatic rings. The van der Waals surface area contributed by atoms with Gasteiger partial charge in [-0.1, -0.05) is 30.3 Å². The Bertz CT molecular complexity index is 924.